The Morgan fingerprint density at radius 1 is 1.67 bits per heavy atom. The minimum Gasteiger partial charge on any atom is -0.380 e. The van der Waals surface area contributed by atoms with E-state index in [2.05, 4.69) is 6.92 Å². The molecule has 2 rings (SSSR count). The Morgan fingerprint density at radius 2 is 2.33 bits per heavy atom. The van der Waals surface area contributed by atoms with Crippen molar-refractivity contribution in [1.82, 2.24) is 0 Å². The van der Waals surface area contributed by atoms with Gasteiger partial charge in [0.05, 0.1) is 13.2 Å². The van der Waals surface area contributed by atoms with Gasteiger partial charge in [0.25, 0.3) is 0 Å². The molecule has 0 aromatic heterocycles. The van der Waals surface area contributed by atoms with Crippen molar-refractivity contribution in [3.05, 3.63) is 0 Å². The second kappa shape index (κ2) is 1.50. The second-order valence-corrected chi connectivity index (χ2v) is 3.52. The summed E-state index contributed by atoms with van der Waals surface area (Å²) >= 11 is 0. The highest BCUT2D eigenvalue weighted by atomic mass is 16.5. The molecule has 2 heteroatoms. The van der Waals surface area contributed by atoms with Gasteiger partial charge >= 0.3 is 0 Å². The van der Waals surface area contributed by atoms with Crippen molar-refractivity contribution >= 4 is 0 Å². The van der Waals surface area contributed by atoms with E-state index < -0.39 is 0 Å². The lowest BCUT2D eigenvalue weighted by Gasteiger charge is -2.28. The molecule has 2 nitrogen and oxygen atoms in total. The molecule has 9 heavy (non-hydrogen) atoms. The van der Waals surface area contributed by atoms with E-state index in [-0.39, 0.29) is 0 Å². The second-order valence-electron chi connectivity index (χ2n) is 3.52. The molecule has 2 atom stereocenters. The maximum atomic E-state index is 5.73. The van der Waals surface area contributed by atoms with Gasteiger partial charge in [0, 0.05) is 11.5 Å². The third kappa shape index (κ3) is 0.634. The van der Waals surface area contributed by atoms with Crippen LogP contribution in [0.2, 0.25) is 0 Å². The molecule has 1 saturated heterocycles. The molecule has 1 heterocycles. The zero-order valence-corrected chi connectivity index (χ0v) is 5.76. The summed E-state index contributed by atoms with van der Waals surface area (Å²) in [6, 6.07) is 0.383. The molecule has 2 unspecified atom stereocenters. The van der Waals surface area contributed by atoms with Crippen LogP contribution in [-0.2, 0) is 4.74 Å². The van der Waals surface area contributed by atoms with E-state index >= 15 is 0 Å². The Morgan fingerprint density at radius 3 is 2.44 bits per heavy atom. The first kappa shape index (κ1) is 5.69. The van der Waals surface area contributed by atoms with Crippen molar-refractivity contribution < 1.29 is 4.74 Å². The predicted molar refractivity (Wildman–Crippen MR) is 35.0 cm³/mol. The number of hydrogen-bond acceptors (Lipinski definition) is 2. The van der Waals surface area contributed by atoms with Crippen molar-refractivity contribution in [3.63, 3.8) is 0 Å². The van der Waals surface area contributed by atoms with Gasteiger partial charge < -0.3 is 10.5 Å². The quantitative estimate of drug-likeness (QED) is 0.552. The van der Waals surface area contributed by atoms with Gasteiger partial charge in [-0.25, -0.2) is 0 Å². The summed E-state index contributed by atoms with van der Waals surface area (Å²) in [5.74, 6) is 0.770. The molecule has 1 spiro atoms. The van der Waals surface area contributed by atoms with Crippen LogP contribution in [0.4, 0.5) is 0 Å². The molecule has 1 aliphatic carbocycles. The fourth-order valence-corrected chi connectivity index (χ4v) is 1.82. The van der Waals surface area contributed by atoms with E-state index in [0.717, 1.165) is 19.1 Å². The molecule has 0 aromatic rings. The Balaban J connectivity index is 1.94. The van der Waals surface area contributed by atoms with E-state index in [0.29, 0.717) is 11.5 Å². The zero-order chi connectivity index (χ0) is 6.48. The minimum absolute atomic E-state index is 0.383. The Hall–Kier alpha value is -0.0800. The highest BCUT2D eigenvalue weighted by molar-refractivity contribution is 5.09. The molecule has 52 valence electrons. The number of ether oxygens (including phenoxy) is 1. The molecule has 0 amide bonds. The average Bonchev–Trinajstić information content (AvgIpc) is 2.34. The molecule has 2 fully saturated rings. The molecule has 1 saturated carbocycles. The van der Waals surface area contributed by atoms with E-state index in [4.69, 9.17) is 10.5 Å². The van der Waals surface area contributed by atoms with Crippen molar-refractivity contribution in [2.24, 2.45) is 17.1 Å². The van der Waals surface area contributed by atoms with Gasteiger partial charge in [0.15, 0.2) is 0 Å². The number of nitrogens with two attached hydrogens (primary N) is 1. The summed E-state index contributed by atoms with van der Waals surface area (Å²) in [6.07, 6.45) is 1.31. The maximum absolute atomic E-state index is 5.73. The van der Waals surface area contributed by atoms with E-state index in [9.17, 15) is 0 Å². The molecule has 2 N–H and O–H groups in total. The molecular formula is C7H13NO. The summed E-state index contributed by atoms with van der Waals surface area (Å²) in [5, 5.41) is 0. The van der Waals surface area contributed by atoms with Crippen molar-refractivity contribution in [3.8, 4) is 0 Å². The maximum Gasteiger partial charge on any atom is 0.0548 e. The summed E-state index contributed by atoms with van der Waals surface area (Å²) in [6.45, 7) is 4.04. The Kier molecular flexibility index (Phi) is 0.945. The van der Waals surface area contributed by atoms with Gasteiger partial charge in [-0.05, 0) is 19.3 Å². The topological polar surface area (TPSA) is 35.2 Å². The van der Waals surface area contributed by atoms with Gasteiger partial charge in [-0.15, -0.1) is 0 Å². The first-order valence-corrected chi connectivity index (χ1v) is 3.58. The predicted octanol–water partition coefficient (Wildman–Crippen LogP) is 0.370. The summed E-state index contributed by atoms with van der Waals surface area (Å²) in [4.78, 5) is 0. The zero-order valence-electron chi connectivity index (χ0n) is 5.76. The fourth-order valence-electron chi connectivity index (χ4n) is 1.82. The minimum atomic E-state index is 0.383. The molecule has 2 aliphatic rings. The van der Waals surface area contributed by atoms with Crippen LogP contribution < -0.4 is 5.73 Å². The average molecular weight is 127 g/mol. The van der Waals surface area contributed by atoms with E-state index in [1.807, 2.05) is 0 Å². The Bertz CT molecular complexity index is 129. The van der Waals surface area contributed by atoms with Crippen molar-refractivity contribution in [2.75, 3.05) is 13.2 Å². The standard InChI is InChI=1S/C7H13NO/c1-5(8)6-2-7(6)3-9-4-7/h5-6H,2-4,8H2,1H3. The smallest absolute Gasteiger partial charge is 0.0548 e. The molecule has 1 aliphatic heterocycles. The number of rotatable bonds is 1. The van der Waals surface area contributed by atoms with Crippen LogP contribution in [0.25, 0.3) is 0 Å². The van der Waals surface area contributed by atoms with Crippen molar-refractivity contribution in [2.45, 2.75) is 19.4 Å². The molecule has 0 aromatic carbocycles. The third-order valence-corrected chi connectivity index (χ3v) is 2.67. The lowest BCUT2D eigenvalue weighted by Crippen LogP contribution is -2.35. The Labute approximate surface area is 55.4 Å². The summed E-state index contributed by atoms with van der Waals surface area (Å²) in [5.41, 5.74) is 6.29. The highest BCUT2D eigenvalue weighted by Crippen LogP contribution is 2.58. The molecule has 0 bridgehead atoms. The van der Waals surface area contributed by atoms with E-state index in [1.165, 1.54) is 6.42 Å². The highest BCUT2D eigenvalue weighted by Gasteiger charge is 2.60. The summed E-state index contributed by atoms with van der Waals surface area (Å²) in [7, 11) is 0. The molecular weight excluding hydrogens is 114 g/mol. The van der Waals surface area contributed by atoms with Crippen LogP contribution in [0.5, 0.6) is 0 Å². The largest absolute Gasteiger partial charge is 0.380 e. The normalized spacial score (nSPS) is 40.0. The fraction of sp³-hybridized carbons (Fsp3) is 1.00. The van der Waals surface area contributed by atoms with E-state index in [1.54, 1.807) is 0 Å². The van der Waals surface area contributed by atoms with Crippen LogP contribution in [0.3, 0.4) is 0 Å². The summed E-state index contributed by atoms with van der Waals surface area (Å²) < 4.78 is 5.12. The van der Waals surface area contributed by atoms with Gasteiger partial charge in [-0.3, -0.25) is 0 Å². The van der Waals surface area contributed by atoms with Gasteiger partial charge in [0.1, 0.15) is 0 Å². The first-order chi connectivity index (χ1) is 4.25. The van der Waals surface area contributed by atoms with Gasteiger partial charge in [0.2, 0.25) is 0 Å². The van der Waals surface area contributed by atoms with Crippen molar-refractivity contribution in [1.29, 1.82) is 0 Å². The van der Waals surface area contributed by atoms with Crippen LogP contribution in [0.15, 0.2) is 0 Å². The van der Waals surface area contributed by atoms with Gasteiger partial charge in [-0.2, -0.15) is 0 Å². The van der Waals surface area contributed by atoms with Crippen LogP contribution in [-0.4, -0.2) is 19.3 Å². The van der Waals surface area contributed by atoms with Crippen LogP contribution in [0, 0.1) is 11.3 Å². The lowest BCUT2D eigenvalue weighted by atomic mass is 9.99. The molecule has 0 radical (unpaired) electrons. The number of hydrogen-bond donors (Lipinski definition) is 1. The van der Waals surface area contributed by atoms with Crippen LogP contribution in [0.1, 0.15) is 13.3 Å². The lowest BCUT2D eigenvalue weighted by molar-refractivity contribution is -0.0601. The SMILES string of the molecule is CC(N)C1CC12COC2. The van der Waals surface area contributed by atoms with Crippen LogP contribution >= 0.6 is 0 Å². The van der Waals surface area contributed by atoms with Gasteiger partial charge in [-0.1, -0.05) is 0 Å². The first-order valence-electron chi connectivity index (χ1n) is 3.58. The third-order valence-electron chi connectivity index (χ3n) is 2.67. The monoisotopic (exact) mass is 127 g/mol.